The lowest BCUT2D eigenvalue weighted by Gasteiger charge is -2.18. The van der Waals surface area contributed by atoms with Gasteiger partial charge in [-0.3, -0.25) is 14.2 Å². The summed E-state index contributed by atoms with van der Waals surface area (Å²) in [7, 11) is 1.61. The maximum Gasteiger partial charge on any atom is 0.262 e. The van der Waals surface area contributed by atoms with Crippen LogP contribution in [0.2, 0.25) is 0 Å². The van der Waals surface area contributed by atoms with Crippen molar-refractivity contribution in [3.63, 3.8) is 0 Å². The van der Waals surface area contributed by atoms with Gasteiger partial charge in [0.05, 0.1) is 29.3 Å². The van der Waals surface area contributed by atoms with Crippen molar-refractivity contribution in [3.8, 4) is 0 Å². The predicted octanol–water partition coefficient (Wildman–Crippen LogP) is 4.26. The number of thiophene rings is 1. The molecule has 7 heteroatoms. The van der Waals surface area contributed by atoms with Crippen molar-refractivity contribution in [1.82, 2.24) is 9.55 Å². The van der Waals surface area contributed by atoms with E-state index in [4.69, 9.17) is 4.74 Å². The third kappa shape index (κ3) is 4.15. The number of para-hydroxylation sites is 1. The van der Waals surface area contributed by atoms with Crippen molar-refractivity contribution < 1.29 is 9.53 Å². The summed E-state index contributed by atoms with van der Waals surface area (Å²) < 4.78 is 6.87. The van der Waals surface area contributed by atoms with E-state index in [1.165, 1.54) is 11.8 Å². The van der Waals surface area contributed by atoms with Gasteiger partial charge in [0.25, 0.3) is 5.56 Å². The van der Waals surface area contributed by atoms with Gasteiger partial charge in [-0.15, -0.1) is 11.3 Å². The number of aryl methyl sites for hydroxylation is 2. The molecule has 0 saturated heterocycles. The van der Waals surface area contributed by atoms with Crippen LogP contribution in [0.4, 0.5) is 0 Å². The lowest BCUT2D eigenvalue weighted by Crippen LogP contribution is -2.28. The van der Waals surface area contributed by atoms with E-state index in [9.17, 15) is 9.59 Å². The number of ketones is 1. The smallest absolute Gasteiger partial charge is 0.262 e. The first kappa shape index (κ1) is 19.8. The number of methoxy groups -OCH3 is 1. The first-order chi connectivity index (χ1) is 12.9. The molecule has 1 aromatic carbocycles. The Morgan fingerprint density at radius 1 is 1.33 bits per heavy atom. The Bertz CT molecular complexity index is 1040. The molecule has 0 radical (unpaired) electrons. The molecule has 2 heterocycles. The fourth-order valence-electron chi connectivity index (χ4n) is 3.05. The van der Waals surface area contributed by atoms with Gasteiger partial charge >= 0.3 is 0 Å². The number of hydrogen-bond donors (Lipinski definition) is 0. The van der Waals surface area contributed by atoms with Gasteiger partial charge < -0.3 is 4.74 Å². The molecule has 0 saturated carbocycles. The fraction of sp³-hybridized carbons (Fsp3) is 0.350. The molecule has 3 aromatic rings. The van der Waals surface area contributed by atoms with Crippen molar-refractivity contribution >= 4 is 39.8 Å². The Morgan fingerprint density at radius 2 is 2.07 bits per heavy atom. The Balaban J connectivity index is 1.97. The average Bonchev–Trinajstić information content (AvgIpc) is 2.98. The number of carbonyl (C=O) groups excluding carboxylic acids is 1. The quantitative estimate of drug-likeness (QED) is 0.336. The van der Waals surface area contributed by atoms with Crippen LogP contribution < -0.4 is 5.56 Å². The number of hydrogen-bond acceptors (Lipinski definition) is 6. The lowest BCUT2D eigenvalue weighted by atomic mass is 10.2. The second-order valence-electron chi connectivity index (χ2n) is 6.43. The molecular formula is C20H22N2O3S2. The highest BCUT2D eigenvalue weighted by Crippen LogP contribution is 2.25. The zero-order chi connectivity index (χ0) is 19.6. The summed E-state index contributed by atoms with van der Waals surface area (Å²) in [5.74, 6) is 0.289. The predicted molar refractivity (Wildman–Crippen MR) is 111 cm³/mol. The Kier molecular flexibility index (Phi) is 6.14. The zero-order valence-electron chi connectivity index (χ0n) is 15.8. The van der Waals surface area contributed by atoms with Crippen LogP contribution >= 0.6 is 23.1 Å². The molecule has 1 atom stereocenters. The molecule has 0 aliphatic rings. The highest BCUT2D eigenvalue weighted by Gasteiger charge is 2.19. The Hall–Kier alpha value is -1.96. The number of carbonyl (C=O) groups is 1. The van der Waals surface area contributed by atoms with Crippen LogP contribution in [-0.2, 0) is 4.74 Å². The largest absolute Gasteiger partial charge is 0.383 e. The second-order valence-corrected chi connectivity index (χ2v) is 8.83. The summed E-state index contributed by atoms with van der Waals surface area (Å²) in [6.07, 6.45) is 0. The fourth-order valence-corrected chi connectivity index (χ4v) is 4.97. The lowest BCUT2D eigenvalue weighted by molar-refractivity contribution is 0.102. The second kappa shape index (κ2) is 8.37. The molecule has 142 valence electrons. The molecule has 0 spiro atoms. The molecule has 1 unspecified atom stereocenters. The minimum atomic E-state index is -0.178. The van der Waals surface area contributed by atoms with Crippen LogP contribution in [0.5, 0.6) is 0 Å². The van der Waals surface area contributed by atoms with Gasteiger partial charge in [-0.1, -0.05) is 23.9 Å². The van der Waals surface area contributed by atoms with Gasteiger partial charge in [-0.05, 0) is 39.0 Å². The molecule has 0 fully saturated rings. The van der Waals surface area contributed by atoms with Gasteiger partial charge in [0.15, 0.2) is 10.9 Å². The molecule has 0 amide bonds. The average molecular weight is 403 g/mol. The number of aromatic nitrogens is 2. The number of nitrogens with zero attached hydrogens (tertiary/aromatic N) is 2. The van der Waals surface area contributed by atoms with Crippen LogP contribution in [0.15, 0.2) is 40.3 Å². The van der Waals surface area contributed by atoms with Crippen molar-refractivity contribution in [2.24, 2.45) is 0 Å². The van der Waals surface area contributed by atoms with E-state index < -0.39 is 0 Å². The van der Waals surface area contributed by atoms with Gasteiger partial charge in [0, 0.05) is 22.4 Å². The highest BCUT2D eigenvalue weighted by atomic mass is 32.2. The van der Waals surface area contributed by atoms with E-state index in [1.807, 2.05) is 45.0 Å². The molecule has 0 N–H and O–H groups in total. The third-order valence-electron chi connectivity index (χ3n) is 4.30. The minimum Gasteiger partial charge on any atom is -0.383 e. The third-order valence-corrected chi connectivity index (χ3v) is 6.22. The Morgan fingerprint density at radius 3 is 2.74 bits per heavy atom. The topological polar surface area (TPSA) is 61.2 Å². The van der Waals surface area contributed by atoms with Crippen LogP contribution in [0, 0.1) is 13.8 Å². The monoisotopic (exact) mass is 402 g/mol. The minimum absolute atomic E-state index is 0.0511. The molecule has 3 rings (SSSR count). The number of rotatable bonds is 7. The number of benzene rings is 1. The summed E-state index contributed by atoms with van der Waals surface area (Å²) in [5, 5.41) is 1.11. The molecule has 0 bridgehead atoms. The van der Waals surface area contributed by atoms with Crippen molar-refractivity contribution in [2.45, 2.75) is 32.0 Å². The van der Waals surface area contributed by atoms with Crippen molar-refractivity contribution in [3.05, 3.63) is 56.0 Å². The van der Waals surface area contributed by atoms with Crippen molar-refractivity contribution in [2.75, 3.05) is 19.5 Å². The Labute approximate surface area is 166 Å². The number of Topliss-reactive ketones (excluding diaryl/α,β-unsaturated/α-hetero) is 1. The molecule has 2 aromatic heterocycles. The highest BCUT2D eigenvalue weighted by molar-refractivity contribution is 7.99. The van der Waals surface area contributed by atoms with E-state index in [0.717, 1.165) is 15.3 Å². The maximum absolute atomic E-state index is 13.0. The van der Waals surface area contributed by atoms with Gasteiger partial charge in [-0.2, -0.15) is 0 Å². The van der Waals surface area contributed by atoms with E-state index in [-0.39, 0.29) is 23.1 Å². The SMILES string of the molecule is COCC(C)n1c(SCC(=O)c2cc(C)sc2C)nc2ccccc2c1=O. The summed E-state index contributed by atoms with van der Waals surface area (Å²) in [6.45, 7) is 6.26. The van der Waals surface area contributed by atoms with Crippen LogP contribution in [-0.4, -0.2) is 34.8 Å². The molecule has 27 heavy (non-hydrogen) atoms. The van der Waals surface area contributed by atoms with E-state index in [2.05, 4.69) is 4.98 Å². The van der Waals surface area contributed by atoms with Crippen LogP contribution in [0.25, 0.3) is 10.9 Å². The van der Waals surface area contributed by atoms with E-state index in [1.54, 1.807) is 29.1 Å². The summed E-state index contributed by atoms with van der Waals surface area (Å²) in [4.78, 5) is 32.5. The van der Waals surface area contributed by atoms with Crippen LogP contribution in [0.1, 0.15) is 33.1 Å². The van der Waals surface area contributed by atoms with E-state index in [0.29, 0.717) is 22.7 Å². The first-order valence-corrected chi connectivity index (χ1v) is 10.5. The van der Waals surface area contributed by atoms with Gasteiger partial charge in [-0.25, -0.2) is 4.98 Å². The molecule has 0 aliphatic carbocycles. The summed E-state index contributed by atoms with van der Waals surface area (Å²) in [5.41, 5.74) is 1.29. The van der Waals surface area contributed by atoms with E-state index >= 15 is 0 Å². The van der Waals surface area contributed by atoms with Crippen molar-refractivity contribution in [1.29, 1.82) is 0 Å². The molecular weight excluding hydrogens is 380 g/mol. The number of thioether (sulfide) groups is 1. The summed E-state index contributed by atoms with van der Waals surface area (Å²) >= 11 is 2.92. The van der Waals surface area contributed by atoms with Crippen LogP contribution in [0.3, 0.4) is 0 Å². The first-order valence-electron chi connectivity index (χ1n) is 8.65. The number of fused-ring (bicyclic) bond motifs is 1. The molecule has 0 aliphatic heterocycles. The number of ether oxygens (including phenoxy) is 1. The van der Waals surface area contributed by atoms with Gasteiger partial charge in [0.1, 0.15) is 0 Å². The molecule has 5 nitrogen and oxygen atoms in total. The standard InChI is InChI=1S/C20H22N2O3S2/c1-12(10-25-4)22-19(24)15-7-5-6-8-17(15)21-20(22)26-11-18(23)16-9-13(2)27-14(16)3/h5-9,12H,10-11H2,1-4H3. The summed E-state index contributed by atoms with van der Waals surface area (Å²) in [6, 6.07) is 9.03. The van der Waals surface area contributed by atoms with Gasteiger partial charge in [0.2, 0.25) is 0 Å². The zero-order valence-corrected chi connectivity index (χ0v) is 17.4. The maximum atomic E-state index is 13.0. The normalized spacial score (nSPS) is 12.4.